The Morgan fingerprint density at radius 1 is 1.11 bits per heavy atom. The zero-order valence-electron chi connectivity index (χ0n) is 11.3. The number of rotatable bonds is 5. The highest BCUT2D eigenvalue weighted by molar-refractivity contribution is 5.41. The first-order valence-corrected chi connectivity index (χ1v) is 6.32. The number of benzene rings is 2. The van der Waals surface area contributed by atoms with Crippen LogP contribution in [-0.2, 0) is 13.1 Å². The van der Waals surface area contributed by atoms with E-state index < -0.39 is 0 Å². The van der Waals surface area contributed by atoms with E-state index in [-0.39, 0.29) is 5.75 Å². The van der Waals surface area contributed by atoms with E-state index >= 15 is 0 Å². The van der Waals surface area contributed by atoms with E-state index in [2.05, 4.69) is 24.4 Å². The van der Waals surface area contributed by atoms with Crippen molar-refractivity contribution in [3.05, 3.63) is 59.2 Å². The molecule has 0 amide bonds. The van der Waals surface area contributed by atoms with E-state index in [1.54, 1.807) is 13.2 Å². The lowest BCUT2D eigenvalue weighted by atomic mass is 10.1. The molecule has 100 valence electrons. The zero-order valence-corrected chi connectivity index (χ0v) is 11.3. The van der Waals surface area contributed by atoms with E-state index in [0.29, 0.717) is 5.75 Å². The Morgan fingerprint density at radius 3 is 2.63 bits per heavy atom. The number of methoxy groups -OCH3 is 1. The number of nitrogens with one attached hydrogen (secondary N) is 1. The molecule has 0 bridgehead atoms. The Bertz CT molecular complexity index is 552. The standard InChI is InChI=1S/C16H19NO2/c1-12-5-3-4-6-14(12)11-17-10-13-7-8-15(18)16(9-13)19-2/h3-9,17-18H,10-11H2,1-2H3. The maximum atomic E-state index is 9.53. The van der Waals surface area contributed by atoms with Gasteiger partial charge in [-0.25, -0.2) is 0 Å². The molecular formula is C16H19NO2. The van der Waals surface area contributed by atoms with Gasteiger partial charge in [-0.05, 0) is 35.7 Å². The average molecular weight is 257 g/mol. The summed E-state index contributed by atoms with van der Waals surface area (Å²) >= 11 is 0. The smallest absolute Gasteiger partial charge is 0.160 e. The molecule has 2 rings (SSSR count). The molecule has 2 aromatic rings. The van der Waals surface area contributed by atoms with E-state index in [0.717, 1.165) is 18.7 Å². The lowest BCUT2D eigenvalue weighted by molar-refractivity contribution is 0.373. The van der Waals surface area contributed by atoms with E-state index in [1.807, 2.05) is 24.3 Å². The molecule has 3 nitrogen and oxygen atoms in total. The second kappa shape index (κ2) is 6.25. The van der Waals surface area contributed by atoms with Gasteiger partial charge in [0.2, 0.25) is 0 Å². The summed E-state index contributed by atoms with van der Waals surface area (Å²) < 4.78 is 5.09. The number of ether oxygens (including phenoxy) is 1. The molecule has 0 spiro atoms. The van der Waals surface area contributed by atoms with Crippen molar-refractivity contribution in [2.75, 3.05) is 7.11 Å². The normalized spacial score (nSPS) is 10.4. The molecule has 19 heavy (non-hydrogen) atoms. The van der Waals surface area contributed by atoms with Crippen molar-refractivity contribution in [3.8, 4) is 11.5 Å². The topological polar surface area (TPSA) is 41.5 Å². The van der Waals surface area contributed by atoms with Gasteiger partial charge in [0.1, 0.15) is 0 Å². The summed E-state index contributed by atoms with van der Waals surface area (Å²) in [5, 5.41) is 12.9. The largest absolute Gasteiger partial charge is 0.504 e. The van der Waals surface area contributed by atoms with Gasteiger partial charge in [0.25, 0.3) is 0 Å². The van der Waals surface area contributed by atoms with E-state index in [1.165, 1.54) is 11.1 Å². The molecule has 0 unspecified atom stereocenters. The lowest BCUT2D eigenvalue weighted by Gasteiger charge is -2.09. The van der Waals surface area contributed by atoms with Gasteiger partial charge in [0.05, 0.1) is 7.11 Å². The first kappa shape index (κ1) is 13.4. The number of phenolic OH excluding ortho intramolecular Hbond substituents is 1. The quantitative estimate of drug-likeness (QED) is 0.865. The van der Waals surface area contributed by atoms with Crippen molar-refractivity contribution in [2.24, 2.45) is 0 Å². The third kappa shape index (κ3) is 3.48. The average Bonchev–Trinajstić information content (AvgIpc) is 2.43. The second-order valence-electron chi connectivity index (χ2n) is 4.54. The zero-order chi connectivity index (χ0) is 13.7. The number of phenols is 1. The second-order valence-corrected chi connectivity index (χ2v) is 4.54. The Labute approximate surface area is 113 Å². The maximum absolute atomic E-state index is 9.53. The van der Waals surface area contributed by atoms with Gasteiger partial charge in [-0.2, -0.15) is 0 Å². The fourth-order valence-corrected chi connectivity index (χ4v) is 1.98. The van der Waals surface area contributed by atoms with Crippen LogP contribution in [0.25, 0.3) is 0 Å². The number of hydrogen-bond donors (Lipinski definition) is 2. The first-order chi connectivity index (χ1) is 9.20. The Balaban J connectivity index is 1.94. The molecule has 0 aromatic heterocycles. The minimum Gasteiger partial charge on any atom is -0.504 e. The van der Waals surface area contributed by atoms with Gasteiger partial charge in [0, 0.05) is 13.1 Å². The minimum absolute atomic E-state index is 0.171. The monoisotopic (exact) mass is 257 g/mol. The summed E-state index contributed by atoms with van der Waals surface area (Å²) in [6, 6.07) is 13.7. The van der Waals surface area contributed by atoms with Crippen LogP contribution in [0.3, 0.4) is 0 Å². The number of aryl methyl sites for hydroxylation is 1. The molecule has 3 heteroatoms. The molecule has 0 atom stereocenters. The first-order valence-electron chi connectivity index (χ1n) is 6.32. The van der Waals surface area contributed by atoms with E-state index in [9.17, 15) is 5.11 Å². The number of hydrogen-bond acceptors (Lipinski definition) is 3. The molecule has 0 fully saturated rings. The molecule has 0 saturated carbocycles. The lowest BCUT2D eigenvalue weighted by Crippen LogP contribution is -2.13. The maximum Gasteiger partial charge on any atom is 0.160 e. The predicted molar refractivity (Wildman–Crippen MR) is 76.4 cm³/mol. The molecule has 0 saturated heterocycles. The molecule has 0 aliphatic heterocycles. The van der Waals surface area contributed by atoms with Crippen LogP contribution in [0.4, 0.5) is 0 Å². The highest BCUT2D eigenvalue weighted by Gasteiger charge is 2.02. The minimum atomic E-state index is 0.171. The van der Waals surface area contributed by atoms with Crippen LogP contribution in [0, 0.1) is 6.92 Å². The van der Waals surface area contributed by atoms with Crippen molar-refractivity contribution in [2.45, 2.75) is 20.0 Å². The summed E-state index contributed by atoms with van der Waals surface area (Å²) in [6.45, 7) is 3.68. The summed E-state index contributed by atoms with van der Waals surface area (Å²) in [6.07, 6.45) is 0. The van der Waals surface area contributed by atoms with Crippen LogP contribution in [0.15, 0.2) is 42.5 Å². The summed E-state index contributed by atoms with van der Waals surface area (Å²) in [7, 11) is 1.56. The van der Waals surface area contributed by atoms with Crippen LogP contribution < -0.4 is 10.1 Å². The van der Waals surface area contributed by atoms with Crippen LogP contribution in [0.5, 0.6) is 11.5 Å². The Hall–Kier alpha value is -2.00. The molecule has 2 N–H and O–H groups in total. The molecule has 0 aliphatic carbocycles. The van der Waals surface area contributed by atoms with Crippen molar-refractivity contribution < 1.29 is 9.84 Å². The van der Waals surface area contributed by atoms with E-state index in [4.69, 9.17) is 4.74 Å². The predicted octanol–water partition coefficient (Wildman–Crippen LogP) is 3.00. The third-order valence-corrected chi connectivity index (χ3v) is 3.15. The van der Waals surface area contributed by atoms with Crippen LogP contribution >= 0.6 is 0 Å². The molecule has 2 aromatic carbocycles. The molecule has 0 heterocycles. The van der Waals surface area contributed by atoms with Crippen LogP contribution in [0.1, 0.15) is 16.7 Å². The van der Waals surface area contributed by atoms with Crippen molar-refractivity contribution in [3.63, 3.8) is 0 Å². The van der Waals surface area contributed by atoms with Gasteiger partial charge < -0.3 is 15.2 Å². The summed E-state index contributed by atoms with van der Waals surface area (Å²) in [5.41, 5.74) is 3.68. The van der Waals surface area contributed by atoms with Gasteiger partial charge in [-0.3, -0.25) is 0 Å². The molecular weight excluding hydrogens is 238 g/mol. The Kier molecular flexibility index (Phi) is 4.42. The SMILES string of the molecule is COc1cc(CNCc2ccccc2C)ccc1O. The summed E-state index contributed by atoms with van der Waals surface area (Å²) in [4.78, 5) is 0. The highest BCUT2D eigenvalue weighted by atomic mass is 16.5. The van der Waals surface area contributed by atoms with Gasteiger partial charge in [-0.1, -0.05) is 30.3 Å². The van der Waals surface area contributed by atoms with Crippen molar-refractivity contribution >= 4 is 0 Å². The van der Waals surface area contributed by atoms with Crippen molar-refractivity contribution in [1.29, 1.82) is 0 Å². The van der Waals surface area contributed by atoms with Gasteiger partial charge in [0.15, 0.2) is 11.5 Å². The Morgan fingerprint density at radius 2 is 1.89 bits per heavy atom. The van der Waals surface area contributed by atoms with Crippen molar-refractivity contribution in [1.82, 2.24) is 5.32 Å². The van der Waals surface area contributed by atoms with Gasteiger partial charge >= 0.3 is 0 Å². The van der Waals surface area contributed by atoms with Crippen LogP contribution in [0.2, 0.25) is 0 Å². The highest BCUT2D eigenvalue weighted by Crippen LogP contribution is 2.26. The fraction of sp³-hybridized carbons (Fsp3) is 0.250. The molecule has 0 aliphatic rings. The van der Waals surface area contributed by atoms with Crippen LogP contribution in [-0.4, -0.2) is 12.2 Å². The fourth-order valence-electron chi connectivity index (χ4n) is 1.98. The van der Waals surface area contributed by atoms with Gasteiger partial charge in [-0.15, -0.1) is 0 Å². The molecule has 0 radical (unpaired) electrons. The third-order valence-electron chi connectivity index (χ3n) is 3.15. The number of aromatic hydroxyl groups is 1. The summed E-state index contributed by atoms with van der Waals surface area (Å²) in [5.74, 6) is 0.681.